The minimum Gasteiger partial charge on any atom is -0.350 e. The molecule has 6 heteroatoms. The van der Waals surface area contributed by atoms with Crippen LogP contribution in [0, 0.1) is 6.92 Å². The van der Waals surface area contributed by atoms with Crippen LogP contribution in [-0.4, -0.2) is 29.9 Å². The Morgan fingerprint density at radius 2 is 1.90 bits per heavy atom. The molecule has 0 unspecified atom stereocenters. The Kier molecular flexibility index (Phi) is 4.84. The summed E-state index contributed by atoms with van der Waals surface area (Å²) in [6.07, 6.45) is 1.54. The summed E-state index contributed by atoms with van der Waals surface area (Å²) in [6.45, 7) is 2.63. The molecule has 2 heterocycles. The largest absolute Gasteiger partial charge is 0.350 e. The van der Waals surface area contributed by atoms with E-state index >= 15 is 0 Å². The molecule has 0 atom stereocenters. The van der Waals surface area contributed by atoms with Crippen molar-refractivity contribution in [3.05, 3.63) is 52.0 Å². The zero-order valence-electron chi connectivity index (χ0n) is 11.1. The molecule has 0 fully saturated rings. The van der Waals surface area contributed by atoms with Gasteiger partial charge in [0.05, 0.1) is 10.4 Å². The van der Waals surface area contributed by atoms with E-state index in [1.54, 1.807) is 18.2 Å². The molecule has 0 saturated heterocycles. The van der Waals surface area contributed by atoms with Crippen molar-refractivity contribution in [3.63, 3.8) is 0 Å². The molecular formula is C14H15N3O2S. The zero-order valence-corrected chi connectivity index (χ0v) is 11.9. The van der Waals surface area contributed by atoms with E-state index < -0.39 is 0 Å². The van der Waals surface area contributed by atoms with E-state index in [1.807, 2.05) is 18.4 Å². The molecule has 20 heavy (non-hydrogen) atoms. The number of pyridine rings is 1. The van der Waals surface area contributed by atoms with Gasteiger partial charge in [0.25, 0.3) is 11.8 Å². The first-order valence-corrected chi connectivity index (χ1v) is 7.07. The Morgan fingerprint density at radius 1 is 1.15 bits per heavy atom. The third kappa shape index (κ3) is 3.89. The second kappa shape index (κ2) is 6.81. The van der Waals surface area contributed by atoms with E-state index in [-0.39, 0.29) is 11.8 Å². The molecule has 0 aliphatic heterocycles. The normalized spacial score (nSPS) is 10.1. The monoisotopic (exact) mass is 289 g/mol. The molecule has 0 spiro atoms. The van der Waals surface area contributed by atoms with Gasteiger partial charge in [-0.15, -0.1) is 11.3 Å². The molecule has 2 aromatic rings. The maximum Gasteiger partial charge on any atom is 0.261 e. The van der Waals surface area contributed by atoms with Crippen LogP contribution in [0.1, 0.15) is 25.7 Å². The van der Waals surface area contributed by atoms with Gasteiger partial charge in [0, 0.05) is 25.0 Å². The van der Waals surface area contributed by atoms with Crippen molar-refractivity contribution >= 4 is 23.2 Å². The number of hydrogen-bond donors (Lipinski definition) is 2. The molecular weight excluding hydrogens is 274 g/mol. The smallest absolute Gasteiger partial charge is 0.261 e. The highest BCUT2D eigenvalue weighted by Crippen LogP contribution is 2.07. The molecule has 2 aromatic heterocycles. The number of carbonyl (C=O) groups is 2. The molecule has 2 rings (SSSR count). The summed E-state index contributed by atoms with van der Waals surface area (Å²) in [4.78, 5) is 28.1. The van der Waals surface area contributed by atoms with Crippen molar-refractivity contribution in [2.45, 2.75) is 6.92 Å². The number of aromatic nitrogens is 1. The second-order valence-electron chi connectivity index (χ2n) is 4.18. The first-order chi connectivity index (χ1) is 9.66. The van der Waals surface area contributed by atoms with E-state index in [2.05, 4.69) is 15.6 Å². The summed E-state index contributed by atoms with van der Waals surface area (Å²) in [5.41, 5.74) is 1.38. The van der Waals surface area contributed by atoms with Gasteiger partial charge in [-0.25, -0.2) is 0 Å². The van der Waals surface area contributed by atoms with Crippen LogP contribution in [0.25, 0.3) is 0 Å². The lowest BCUT2D eigenvalue weighted by atomic mass is 10.2. The molecule has 0 aliphatic rings. The second-order valence-corrected chi connectivity index (χ2v) is 5.13. The summed E-state index contributed by atoms with van der Waals surface area (Å²) in [5, 5.41) is 7.32. The fourth-order valence-electron chi connectivity index (χ4n) is 1.55. The Hall–Kier alpha value is -2.21. The van der Waals surface area contributed by atoms with Crippen LogP contribution >= 0.6 is 11.3 Å². The van der Waals surface area contributed by atoms with Gasteiger partial charge in [-0.3, -0.25) is 14.6 Å². The van der Waals surface area contributed by atoms with Gasteiger partial charge in [0.2, 0.25) is 0 Å². The van der Waals surface area contributed by atoms with Crippen LogP contribution in [0.4, 0.5) is 0 Å². The molecule has 2 N–H and O–H groups in total. The number of hydrogen-bond acceptors (Lipinski definition) is 4. The summed E-state index contributed by atoms with van der Waals surface area (Å²) < 4.78 is 0. The van der Waals surface area contributed by atoms with Gasteiger partial charge in [-0.1, -0.05) is 6.07 Å². The van der Waals surface area contributed by atoms with Crippen LogP contribution in [0.2, 0.25) is 0 Å². The average Bonchev–Trinajstić information content (AvgIpc) is 2.98. The number of amides is 2. The molecule has 2 amide bonds. The summed E-state index contributed by atoms with van der Waals surface area (Å²) in [7, 11) is 0. The number of nitrogens with one attached hydrogen (secondary N) is 2. The molecule has 104 valence electrons. The Balaban J connectivity index is 1.72. The first kappa shape index (κ1) is 14.2. The summed E-state index contributed by atoms with van der Waals surface area (Å²) in [6, 6.07) is 7.09. The molecule has 0 bridgehead atoms. The quantitative estimate of drug-likeness (QED) is 0.822. The Labute approximate surface area is 121 Å². The van der Waals surface area contributed by atoms with E-state index in [9.17, 15) is 9.59 Å². The molecule has 0 aliphatic carbocycles. The van der Waals surface area contributed by atoms with Gasteiger partial charge < -0.3 is 10.6 Å². The predicted octanol–water partition coefficient (Wildman–Crippen LogP) is 1.61. The third-order valence-electron chi connectivity index (χ3n) is 2.61. The number of thiophene rings is 1. The lowest BCUT2D eigenvalue weighted by Crippen LogP contribution is -2.34. The third-order valence-corrected chi connectivity index (χ3v) is 3.48. The maximum absolute atomic E-state index is 11.8. The number of nitrogens with zero attached hydrogens (tertiary/aromatic N) is 1. The van der Waals surface area contributed by atoms with Gasteiger partial charge in [-0.05, 0) is 30.5 Å². The summed E-state index contributed by atoms with van der Waals surface area (Å²) >= 11 is 1.39. The fraction of sp³-hybridized carbons (Fsp3) is 0.214. The highest BCUT2D eigenvalue weighted by atomic mass is 32.1. The van der Waals surface area contributed by atoms with Gasteiger partial charge in [-0.2, -0.15) is 0 Å². The van der Waals surface area contributed by atoms with Crippen LogP contribution in [0.15, 0.2) is 35.8 Å². The van der Waals surface area contributed by atoms with Gasteiger partial charge in [0.15, 0.2) is 0 Å². The minimum atomic E-state index is -0.192. The minimum absolute atomic E-state index is 0.119. The van der Waals surface area contributed by atoms with E-state index in [0.29, 0.717) is 23.5 Å². The van der Waals surface area contributed by atoms with Gasteiger partial charge >= 0.3 is 0 Å². The van der Waals surface area contributed by atoms with Crippen LogP contribution in [-0.2, 0) is 0 Å². The van der Waals surface area contributed by atoms with Crippen molar-refractivity contribution in [3.8, 4) is 0 Å². The zero-order chi connectivity index (χ0) is 14.4. The van der Waals surface area contributed by atoms with Crippen molar-refractivity contribution in [2.24, 2.45) is 0 Å². The number of carbonyl (C=O) groups excluding carboxylic acids is 2. The number of aryl methyl sites for hydroxylation is 1. The molecule has 0 radical (unpaired) electrons. The standard InChI is InChI=1S/C14H15N3O2S/c1-10-4-5-11(9-17-10)13(18)15-6-7-16-14(19)12-3-2-8-20-12/h2-5,8-9H,6-7H2,1H3,(H,15,18)(H,16,19). The van der Waals surface area contributed by atoms with Crippen LogP contribution < -0.4 is 10.6 Å². The van der Waals surface area contributed by atoms with Crippen LogP contribution in [0.5, 0.6) is 0 Å². The van der Waals surface area contributed by atoms with Crippen molar-refractivity contribution in [1.29, 1.82) is 0 Å². The Morgan fingerprint density at radius 3 is 2.50 bits per heavy atom. The molecule has 0 saturated carbocycles. The summed E-state index contributed by atoms with van der Waals surface area (Å²) in [5.74, 6) is -0.311. The lowest BCUT2D eigenvalue weighted by Gasteiger charge is -2.06. The predicted molar refractivity (Wildman–Crippen MR) is 78.0 cm³/mol. The van der Waals surface area contributed by atoms with E-state index in [4.69, 9.17) is 0 Å². The maximum atomic E-state index is 11.8. The van der Waals surface area contributed by atoms with Crippen molar-refractivity contribution < 1.29 is 9.59 Å². The van der Waals surface area contributed by atoms with Crippen molar-refractivity contribution in [1.82, 2.24) is 15.6 Å². The molecule has 0 aromatic carbocycles. The van der Waals surface area contributed by atoms with Gasteiger partial charge in [0.1, 0.15) is 0 Å². The first-order valence-electron chi connectivity index (χ1n) is 6.19. The fourth-order valence-corrected chi connectivity index (χ4v) is 2.19. The Bertz CT molecular complexity index is 579. The van der Waals surface area contributed by atoms with Crippen LogP contribution in [0.3, 0.4) is 0 Å². The van der Waals surface area contributed by atoms with E-state index in [1.165, 1.54) is 17.5 Å². The molecule has 5 nitrogen and oxygen atoms in total. The highest BCUT2D eigenvalue weighted by molar-refractivity contribution is 7.12. The SMILES string of the molecule is Cc1ccc(C(=O)NCCNC(=O)c2cccs2)cn1. The van der Waals surface area contributed by atoms with Crippen molar-refractivity contribution in [2.75, 3.05) is 13.1 Å². The topological polar surface area (TPSA) is 71.1 Å². The highest BCUT2D eigenvalue weighted by Gasteiger charge is 2.07. The number of rotatable bonds is 5. The average molecular weight is 289 g/mol. The lowest BCUT2D eigenvalue weighted by molar-refractivity contribution is 0.0929. The van der Waals surface area contributed by atoms with E-state index in [0.717, 1.165) is 5.69 Å².